The van der Waals surface area contributed by atoms with Crippen molar-refractivity contribution in [1.29, 1.82) is 0 Å². The van der Waals surface area contributed by atoms with Gasteiger partial charge in [0.25, 0.3) is 0 Å². The second-order valence-electron chi connectivity index (χ2n) is 4.30. The van der Waals surface area contributed by atoms with Crippen LogP contribution in [0.4, 0.5) is 0 Å². The Morgan fingerprint density at radius 1 is 1.47 bits per heavy atom. The lowest BCUT2D eigenvalue weighted by Gasteiger charge is -2.22. The second kappa shape index (κ2) is 5.48. The summed E-state index contributed by atoms with van der Waals surface area (Å²) in [7, 11) is 0. The molecule has 1 atom stereocenters. The van der Waals surface area contributed by atoms with Crippen LogP contribution in [0.1, 0.15) is 45.1 Å². The molecule has 1 heterocycles. The first-order chi connectivity index (χ1) is 8.18. The van der Waals surface area contributed by atoms with Gasteiger partial charge in [-0.2, -0.15) is 0 Å². The van der Waals surface area contributed by atoms with Crippen LogP contribution in [-0.4, -0.2) is 36.5 Å². The number of carbonyl (C=O) groups is 1. The summed E-state index contributed by atoms with van der Waals surface area (Å²) in [6, 6.07) is 0.335. The Hall–Kier alpha value is -1.11. The third-order valence-corrected chi connectivity index (χ3v) is 4.05. The first kappa shape index (κ1) is 12.3. The number of nitrogens with zero attached hydrogens (tertiary/aromatic N) is 4. The van der Waals surface area contributed by atoms with Gasteiger partial charge in [0.2, 0.25) is 5.16 Å². The maximum atomic E-state index is 10.8. The standard InChI is InChI=1S/C10H16N4O2S/c1-7(9(15)16)17-10-11-12-13-14(10)8-5-3-2-4-6-8/h7-8H,2-6H2,1H3,(H,15,16)/t7-/m1/s1. The molecule has 1 aliphatic carbocycles. The number of hydrogen-bond acceptors (Lipinski definition) is 5. The largest absolute Gasteiger partial charge is 0.480 e. The molecule has 0 aromatic carbocycles. The first-order valence-electron chi connectivity index (χ1n) is 5.86. The lowest BCUT2D eigenvalue weighted by atomic mass is 9.96. The summed E-state index contributed by atoms with van der Waals surface area (Å²) in [4.78, 5) is 10.8. The van der Waals surface area contributed by atoms with Crippen molar-refractivity contribution in [2.24, 2.45) is 0 Å². The molecule has 0 bridgehead atoms. The average Bonchev–Trinajstić information content (AvgIpc) is 2.78. The van der Waals surface area contributed by atoms with E-state index in [4.69, 9.17) is 5.11 Å². The van der Waals surface area contributed by atoms with Crippen molar-refractivity contribution in [3.05, 3.63) is 0 Å². The summed E-state index contributed by atoms with van der Waals surface area (Å²) in [6.07, 6.45) is 5.83. The number of aromatic nitrogens is 4. The Kier molecular flexibility index (Phi) is 3.98. The SMILES string of the molecule is C[C@@H](Sc1nnnn1C1CCCCC1)C(=O)O. The molecular weight excluding hydrogens is 240 g/mol. The van der Waals surface area contributed by atoms with E-state index in [1.54, 1.807) is 11.6 Å². The zero-order chi connectivity index (χ0) is 12.3. The van der Waals surface area contributed by atoms with Crippen LogP contribution in [0.15, 0.2) is 5.16 Å². The summed E-state index contributed by atoms with van der Waals surface area (Å²) in [5, 5.41) is 20.5. The Bertz CT molecular complexity index is 389. The highest BCUT2D eigenvalue weighted by Crippen LogP contribution is 2.31. The third-order valence-electron chi connectivity index (χ3n) is 3.01. The highest BCUT2D eigenvalue weighted by molar-refractivity contribution is 8.00. The zero-order valence-corrected chi connectivity index (χ0v) is 10.6. The van der Waals surface area contributed by atoms with Gasteiger partial charge < -0.3 is 5.11 Å². The van der Waals surface area contributed by atoms with Gasteiger partial charge in [-0.25, -0.2) is 4.68 Å². The van der Waals surface area contributed by atoms with E-state index in [1.165, 1.54) is 31.0 Å². The van der Waals surface area contributed by atoms with Crippen LogP contribution in [0.3, 0.4) is 0 Å². The van der Waals surface area contributed by atoms with Crippen molar-refractivity contribution in [3.8, 4) is 0 Å². The number of tetrazole rings is 1. The van der Waals surface area contributed by atoms with E-state index >= 15 is 0 Å². The van der Waals surface area contributed by atoms with Crippen LogP contribution >= 0.6 is 11.8 Å². The fourth-order valence-electron chi connectivity index (χ4n) is 2.03. The molecule has 1 aliphatic rings. The van der Waals surface area contributed by atoms with Gasteiger partial charge in [0.05, 0.1) is 6.04 Å². The van der Waals surface area contributed by atoms with Gasteiger partial charge in [-0.05, 0) is 30.2 Å². The number of carboxylic acid groups (broad SMARTS) is 1. The van der Waals surface area contributed by atoms with Crippen LogP contribution in [0, 0.1) is 0 Å². The van der Waals surface area contributed by atoms with Gasteiger partial charge >= 0.3 is 5.97 Å². The lowest BCUT2D eigenvalue weighted by molar-refractivity contribution is -0.136. The summed E-state index contributed by atoms with van der Waals surface area (Å²) in [5.74, 6) is -0.840. The van der Waals surface area contributed by atoms with Gasteiger partial charge in [0.15, 0.2) is 0 Å². The molecule has 17 heavy (non-hydrogen) atoms. The molecule has 6 nitrogen and oxygen atoms in total. The number of aliphatic carboxylic acids is 1. The monoisotopic (exact) mass is 256 g/mol. The van der Waals surface area contributed by atoms with Crippen LogP contribution in [0.25, 0.3) is 0 Å². The van der Waals surface area contributed by atoms with Crippen molar-refractivity contribution in [1.82, 2.24) is 20.2 Å². The molecule has 0 radical (unpaired) electrons. The van der Waals surface area contributed by atoms with Gasteiger partial charge in [-0.15, -0.1) is 5.10 Å². The summed E-state index contributed by atoms with van der Waals surface area (Å²) in [6.45, 7) is 1.65. The topological polar surface area (TPSA) is 80.9 Å². The molecular formula is C10H16N4O2S. The smallest absolute Gasteiger partial charge is 0.316 e. The second-order valence-corrected chi connectivity index (χ2v) is 5.60. The number of hydrogen-bond donors (Lipinski definition) is 1. The Labute approximate surface area is 104 Å². The molecule has 94 valence electrons. The molecule has 7 heteroatoms. The number of thioether (sulfide) groups is 1. The summed E-state index contributed by atoms with van der Waals surface area (Å²) < 4.78 is 1.79. The lowest BCUT2D eigenvalue weighted by Crippen LogP contribution is -2.17. The maximum absolute atomic E-state index is 10.8. The quantitative estimate of drug-likeness (QED) is 0.826. The van der Waals surface area contributed by atoms with Crippen molar-refractivity contribution in [2.75, 3.05) is 0 Å². The van der Waals surface area contributed by atoms with Crippen LogP contribution in [0.2, 0.25) is 0 Å². The molecule has 1 N–H and O–H groups in total. The molecule has 0 aliphatic heterocycles. The van der Waals surface area contributed by atoms with Gasteiger partial charge in [-0.1, -0.05) is 31.0 Å². The molecule has 0 amide bonds. The predicted octanol–water partition coefficient (Wildman–Crippen LogP) is 1.74. The highest BCUT2D eigenvalue weighted by atomic mass is 32.2. The molecule has 1 aromatic rings. The van der Waals surface area contributed by atoms with E-state index < -0.39 is 11.2 Å². The minimum Gasteiger partial charge on any atom is -0.480 e. The normalized spacial score (nSPS) is 19.1. The van der Waals surface area contributed by atoms with Crippen molar-refractivity contribution >= 4 is 17.7 Å². The van der Waals surface area contributed by atoms with Gasteiger partial charge in [-0.3, -0.25) is 4.79 Å². The molecule has 2 rings (SSSR count). The predicted molar refractivity (Wildman–Crippen MR) is 62.9 cm³/mol. The van der Waals surface area contributed by atoms with E-state index in [1.807, 2.05) is 0 Å². The van der Waals surface area contributed by atoms with E-state index in [2.05, 4.69) is 15.5 Å². The van der Waals surface area contributed by atoms with E-state index in [0.29, 0.717) is 11.2 Å². The van der Waals surface area contributed by atoms with Crippen LogP contribution in [0.5, 0.6) is 0 Å². The maximum Gasteiger partial charge on any atom is 0.316 e. The Morgan fingerprint density at radius 2 is 2.18 bits per heavy atom. The van der Waals surface area contributed by atoms with Gasteiger partial charge in [0, 0.05) is 0 Å². The van der Waals surface area contributed by atoms with Crippen molar-refractivity contribution in [3.63, 3.8) is 0 Å². The van der Waals surface area contributed by atoms with Crippen molar-refractivity contribution < 1.29 is 9.90 Å². The minimum absolute atomic E-state index is 0.335. The molecule has 0 unspecified atom stereocenters. The minimum atomic E-state index is -0.840. The van der Waals surface area contributed by atoms with Crippen LogP contribution in [-0.2, 0) is 4.79 Å². The summed E-state index contributed by atoms with van der Waals surface area (Å²) in [5.41, 5.74) is 0. The number of carboxylic acids is 1. The van der Waals surface area contributed by atoms with E-state index in [0.717, 1.165) is 12.8 Å². The van der Waals surface area contributed by atoms with E-state index in [9.17, 15) is 4.79 Å². The van der Waals surface area contributed by atoms with E-state index in [-0.39, 0.29) is 0 Å². The Balaban J connectivity index is 2.07. The molecule has 1 fully saturated rings. The third kappa shape index (κ3) is 2.96. The van der Waals surface area contributed by atoms with Crippen LogP contribution < -0.4 is 0 Å². The van der Waals surface area contributed by atoms with Gasteiger partial charge in [0.1, 0.15) is 5.25 Å². The first-order valence-corrected chi connectivity index (χ1v) is 6.74. The fourth-order valence-corrected chi connectivity index (χ4v) is 2.82. The molecule has 0 saturated heterocycles. The fraction of sp³-hybridized carbons (Fsp3) is 0.800. The number of rotatable bonds is 4. The molecule has 1 saturated carbocycles. The molecule has 0 spiro atoms. The molecule has 1 aromatic heterocycles. The summed E-state index contributed by atoms with van der Waals surface area (Å²) >= 11 is 1.21. The van der Waals surface area contributed by atoms with Crippen molar-refractivity contribution in [2.45, 2.75) is 55.5 Å². The average molecular weight is 256 g/mol. The zero-order valence-electron chi connectivity index (χ0n) is 9.74. The Morgan fingerprint density at radius 3 is 2.82 bits per heavy atom. The highest BCUT2D eigenvalue weighted by Gasteiger charge is 2.23.